The first-order chi connectivity index (χ1) is 11.1. The first-order valence-electron chi connectivity index (χ1n) is 8.02. The van der Waals surface area contributed by atoms with Crippen molar-refractivity contribution >= 4 is 10.8 Å². The Labute approximate surface area is 135 Å². The number of phenols is 1. The molecule has 0 amide bonds. The predicted octanol–water partition coefficient (Wildman–Crippen LogP) is 4.68. The fourth-order valence-electron chi connectivity index (χ4n) is 3.05. The van der Waals surface area contributed by atoms with Crippen molar-refractivity contribution in [2.45, 2.75) is 33.1 Å². The summed E-state index contributed by atoms with van der Waals surface area (Å²) < 4.78 is 5.55. The van der Waals surface area contributed by atoms with Gasteiger partial charge in [-0.3, -0.25) is 0 Å². The van der Waals surface area contributed by atoms with Crippen LogP contribution < -0.4 is 5.63 Å². The predicted molar refractivity (Wildman–Crippen MR) is 93.0 cm³/mol. The fourth-order valence-corrected chi connectivity index (χ4v) is 3.05. The zero-order valence-corrected chi connectivity index (χ0v) is 13.4. The van der Waals surface area contributed by atoms with E-state index in [4.69, 9.17) is 4.42 Å². The molecule has 2 aromatic carbocycles. The molecule has 0 radical (unpaired) electrons. The van der Waals surface area contributed by atoms with Crippen LogP contribution in [-0.4, -0.2) is 5.11 Å². The smallest absolute Gasteiger partial charge is 0.344 e. The molecule has 3 heteroatoms. The molecular formula is C20H20O3. The molecule has 0 unspecified atom stereocenters. The van der Waals surface area contributed by atoms with Crippen LogP contribution in [0.3, 0.4) is 0 Å². The number of hydrogen-bond donors (Lipinski definition) is 1. The lowest BCUT2D eigenvalue weighted by atomic mass is 9.94. The molecule has 0 aliphatic carbocycles. The van der Waals surface area contributed by atoms with Gasteiger partial charge in [0.05, 0.1) is 5.39 Å². The summed E-state index contributed by atoms with van der Waals surface area (Å²) in [6.07, 6.45) is 2.95. The number of hydrogen-bond acceptors (Lipinski definition) is 3. The van der Waals surface area contributed by atoms with Gasteiger partial charge < -0.3 is 9.52 Å². The molecular weight excluding hydrogens is 288 g/mol. The lowest BCUT2D eigenvalue weighted by Crippen LogP contribution is -2.02. The first kappa shape index (κ1) is 15.3. The fraction of sp³-hybridized carbons (Fsp3) is 0.250. The molecule has 3 aromatic rings. The van der Waals surface area contributed by atoms with E-state index < -0.39 is 5.63 Å². The molecule has 3 rings (SSSR count). The Kier molecular flexibility index (Phi) is 4.20. The van der Waals surface area contributed by atoms with Gasteiger partial charge in [0, 0.05) is 5.56 Å². The van der Waals surface area contributed by atoms with Crippen molar-refractivity contribution in [2.24, 2.45) is 0 Å². The number of fused-ring (bicyclic) bond motifs is 1. The van der Waals surface area contributed by atoms with Crippen LogP contribution in [0.1, 0.15) is 31.4 Å². The van der Waals surface area contributed by atoms with Gasteiger partial charge in [-0.25, -0.2) is 4.79 Å². The standard InChI is InChI=1S/C20H20O3/c1-3-6-16-13(4-2)7-5-8-17(16)19-11-14-9-10-15(21)12-18(14)20(22)23-19/h5,7-12,21H,3-4,6H2,1-2H3. The molecule has 0 aliphatic rings. The molecule has 1 N–H and O–H groups in total. The Morgan fingerprint density at radius 1 is 1.09 bits per heavy atom. The summed E-state index contributed by atoms with van der Waals surface area (Å²) >= 11 is 0. The van der Waals surface area contributed by atoms with Gasteiger partial charge in [-0.05, 0) is 47.6 Å². The van der Waals surface area contributed by atoms with E-state index in [-0.39, 0.29) is 5.75 Å². The summed E-state index contributed by atoms with van der Waals surface area (Å²) in [5.41, 5.74) is 3.10. The molecule has 23 heavy (non-hydrogen) atoms. The second-order valence-corrected chi connectivity index (χ2v) is 5.72. The third kappa shape index (κ3) is 2.87. The molecule has 0 fully saturated rings. The second kappa shape index (κ2) is 6.29. The lowest BCUT2D eigenvalue weighted by Gasteiger charge is -2.13. The normalized spacial score (nSPS) is 11.0. The molecule has 0 saturated heterocycles. The van der Waals surface area contributed by atoms with Gasteiger partial charge in [-0.1, -0.05) is 44.5 Å². The molecule has 3 nitrogen and oxygen atoms in total. The Balaban J connectivity index is 2.25. The molecule has 0 aliphatic heterocycles. The number of phenolic OH excluding ortho intramolecular Hbond substituents is 1. The summed E-state index contributed by atoms with van der Waals surface area (Å²) in [6.45, 7) is 4.28. The van der Waals surface area contributed by atoms with E-state index in [9.17, 15) is 9.90 Å². The Bertz CT molecular complexity index is 906. The van der Waals surface area contributed by atoms with Crippen LogP contribution in [0.2, 0.25) is 0 Å². The maximum Gasteiger partial charge on any atom is 0.344 e. The van der Waals surface area contributed by atoms with Crippen LogP contribution in [0.25, 0.3) is 22.1 Å². The maximum absolute atomic E-state index is 12.3. The molecule has 1 aromatic heterocycles. The van der Waals surface area contributed by atoms with Crippen molar-refractivity contribution in [3.05, 3.63) is 64.0 Å². The van der Waals surface area contributed by atoms with E-state index in [0.717, 1.165) is 30.2 Å². The van der Waals surface area contributed by atoms with Gasteiger partial charge in [0.25, 0.3) is 0 Å². The molecule has 0 bridgehead atoms. The van der Waals surface area contributed by atoms with Gasteiger partial charge in [0.1, 0.15) is 11.5 Å². The molecule has 0 atom stereocenters. The highest BCUT2D eigenvalue weighted by Gasteiger charge is 2.13. The summed E-state index contributed by atoms with van der Waals surface area (Å²) in [4.78, 5) is 12.3. The molecule has 0 saturated carbocycles. The van der Waals surface area contributed by atoms with Crippen LogP contribution in [-0.2, 0) is 12.8 Å². The Morgan fingerprint density at radius 3 is 2.65 bits per heavy atom. The molecule has 1 heterocycles. The minimum absolute atomic E-state index is 0.0669. The summed E-state index contributed by atoms with van der Waals surface area (Å²) in [5, 5.41) is 10.7. The van der Waals surface area contributed by atoms with Gasteiger partial charge in [-0.15, -0.1) is 0 Å². The molecule has 118 valence electrons. The Hall–Kier alpha value is -2.55. The van der Waals surface area contributed by atoms with Crippen LogP contribution in [0.5, 0.6) is 5.75 Å². The van der Waals surface area contributed by atoms with Crippen molar-refractivity contribution in [1.82, 2.24) is 0 Å². The number of aryl methyl sites for hydroxylation is 1. The van der Waals surface area contributed by atoms with Crippen molar-refractivity contribution < 1.29 is 9.52 Å². The van der Waals surface area contributed by atoms with Gasteiger partial charge in [0.2, 0.25) is 0 Å². The summed E-state index contributed by atoms with van der Waals surface area (Å²) in [7, 11) is 0. The number of aromatic hydroxyl groups is 1. The number of benzene rings is 2. The highest BCUT2D eigenvalue weighted by Crippen LogP contribution is 2.29. The van der Waals surface area contributed by atoms with Crippen LogP contribution in [0.4, 0.5) is 0 Å². The Morgan fingerprint density at radius 2 is 1.91 bits per heavy atom. The van der Waals surface area contributed by atoms with Crippen LogP contribution in [0, 0.1) is 0 Å². The van der Waals surface area contributed by atoms with E-state index >= 15 is 0 Å². The van der Waals surface area contributed by atoms with E-state index in [1.807, 2.05) is 18.2 Å². The summed E-state index contributed by atoms with van der Waals surface area (Å²) in [6, 6.07) is 12.8. The van der Waals surface area contributed by atoms with Gasteiger partial charge >= 0.3 is 5.63 Å². The quantitative estimate of drug-likeness (QED) is 0.761. The topological polar surface area (TPSA) is 50.4 Å². The van der Waals surface area contributed by atoms with E-state index in [2.05, 4.69) is 19.9 Å². The minimum atomic E-state index is -0.419. The number of rotatable bonds is 4. The summed E-state index contributed by atoms with van der Waals surface area (Å²) in [5.74, 6) is 0.657. The van der Waals surface area contributed by atoms with E-state index in [1.54, 1.807) is 12.1 Å². The molecule has 0 spiro atoms. The SMILES string of the molecule is CCCc1c(CC)cccc1-c1cc2ccc(O)cc2c(=O)o1. The van der Waals surface area contributed by atoms with E-state index in [0.29, 0.717) is 11.1 Å². The maximum atomic E-state index is 12.3. The average Bonchev–Trinajstić information content (AvgIpc) is 2.56. The monoisotopic (exact) mass is 308 g/mol. The van der Waals surface area contributed by atoms with Crippen molar-refractivity contribution in [3.8, 4) is 17.1 Å². The third-order valence-electron chi connectivity index (χ3n) is 4.17. The highest BCUT2D eigenvalue weighted by atomic mass is 16.4. The zero-order valence-electron chi connectivity index (χ0n) is 13.4. The first-order valence-corrected chi connectivity index (χ1v) is 8.02. The van der Waals surface area contributed by atoms with Crippen LogP contribution in [0.15, 0.2) is 51.7 Å². The highest BCUT2D eigenvalue weighted by molar-refractivity contribution is 5.85. The van der Waals surface area contributed by atoms with Gasteiger partial charge in [0.15, 0.2) is 0 Å². The van der Waals surface area contributed by atoms with Crippen LogP contribution >= 0.6 is 0 Å². The average molecular weight is 308 g/mol. The van der Waals surface area contributed by atoms with Gasteiger partial charge in [-0.2, -0.15) is 0 Å². The van der Waals surface area contributed by atoms with Crippen molar-refractivity contribution in [2.75, 3.05) is 0 Å². The van der Waals surface area contributed by atoms with Crippen molar-refractivity contribution in [1.29, 1.82) is 0 Å². The largest absolute Gasteiger partial charge is 0.508 e. The van der Waals surface area contributed by atoms with E-state index in [1.165, 1.54) is 17.2 Å². The zero-order chi connectivity index (χ0) is 16.4. The third-order valence-corrected chi connectivity index (χ3v) is 4.17. The van der Waals surface area contributed by atoms with Crippen molar-refractivity contribution in [3.63, 3.8) is 0 Å². The minimum Gasteiger partial charge on any atom is -0.508 e. The second-order valence-electron chi connectivity index (χ2n) is 5.72. The lowest BCUT2D eigenvalue weighted by molar-refractivity contribution is 0.475.